The minimum Gasteiger partial charge on any atom is -2.00 e. The second-order valence-corrected chi connectivity index (χ2v) is 0.250. The molecule has 0 N–H and O–H groups in total. The SMILES string of the molecule is O=[Si]=O.[O-2].[O-2].[O-2].[Pr+3].[Zr+4]. The monoisotopic (exact) mass is 339 g/mol. The molecular weight excluding hydrogens is 340 g/mol. The maximum atomic E-state index is 8.40. The predicted octanol–water partition coefficient (Wildman–Crippen LogP) is -0.977. The van der Waals surface area contributed by atoms with E-state index < -0.39 is 9.29 Å². The molecule has 0 aliphatic rings. The van der Waals surface area contributed by atoms with Gasteiger partial charge in [0.05, 0.1) is 0 Å². The normalized spacial score (nSPS) is 1.00. The fourth-order valence-electron chi connectivity index (χ4n) is 0. The van der Waals surface area contributed by atoms with Gasteiger partial charge in [0.25, 0.3) is 0 Å². The Morgan fingerprint density at radius 3 is 0.875 bits per heavy atom. The Morgan fingerprint density at radius 1 is 0.875 bits per heavy atom. The molecule has 0 radical (unpaired) electrons. The average molecular weight is 340 g/mol. The molecule has 0 saturated carbocycles. The van der Waals surface area contributed by atoms with Gasteiger partial charge in [0.15, 0.2) is 0 Å². The molecule has 0 rings (SSSR count). The molecule has 0 aromatic carbocycles. The third kappa shape index (κ3) is 101. The molecular formula is O5PrSiZr+. The molecule has 0 fully saturated rings. The Morgan fingerprint density at radius 2 is 0.875 bits per heavy atom. The summed E-state index contributed by atoms with van der Waals surface area (Å²) >= 11 is 0. The van der Waals surface area contributed by atoms with Gasteiger partial charge in [0.1, 0.15) is 0 Å². The number of rotatable bonds is 0. The standard InChI is InChI=1S/O2Si.3O.Pr.Zr/c1-3-2;;;;;/q;3*-2;+3;+4. The summed E-state index contributed by atoms with van der Waals surface area (Å²) in [6.45, 7) is 0. The summed E-state index contributed by atoms with van der Waals surface area (Å²) < 4.78 is 16.8. The van der Waals surface area contributed by atoms with Gasteiger partial charge in [-0.3, -0.25) is 8.92 Å². The van der Waals surface area contributed by atoms with E-state index in [2.05, 4.69) is 0 Å². The van der Waals surface area contributed by atoms with Gasteiger partial charge in [-0.25, -0.2) is 0 Å². The van der Waals surface area contributed by atoms with Crippen molar-refractivity contribution < 1.29 is 92.8 Å². The molecule has 0 aromatic rings. The Labute approximate surface area is 101 Å². The van der Waals surface area contributed by atoms with Crippen molar-refractivity contribution in [3.63, 3.8) is 0 Å². The molecule has 0 unspecified atom stereocenters. The number of hydrogen-bond acceptors (Lipinski definition) is 2. The van der Waals surface area contributed by atoms with Gasteiger partial charge in [-0.1, -0.05) is 0 Å². The van der Waals surface area contributed by atoms with Gasteiger partial charge in [-0.2, -0.15) is 0 Å². The van der Waals surface area contributed by atoms with Crippen LogP contribution in [0.1, 0.15) is 0 Å². The Balaban J connectivity index is -0.00000000200. The van der Waals surface area contributed by atoms with Crippen molar-refractivity contribution in [3.05, 3.63) is 0 Å². The number of hydrogen-bond donors (Lipinski definition) is 0. The van der Waals surface area contributed by atoms with Crippen LogP contribution in [0, 0.1) is 41.3 Å². The largest absolute Gasteiger partial charge is 4.00 e. The van der Waals surface area contributed by atoms with Crippen LogP contribution in [0.5, 0.6) is 0 Å². The minimum absolute atomic E-state index is 0. The zero-order chi connectivity index (χ0) is 2.71. The first-order valence-corrected chi connectivity index (χ1v) is 1.22. The quantitative estimate of drug-likeness (QED) is 0.527. The van der Waals surface area contributed by atoms with Gasteiger partial charge in [-0.05, 0) is 0 Å². The molecule has 40 valence electrons. The van der Waals surface area contributed by atoms with Crippen molar-refractivity contribution in [2.24, 2.45) is 0 Å². The molecule has 0 atom stereocenters. The third-order valence-corrected chi connectivity index (χ3v) is 0. The van der Waals surface area contributed by atoms with E-state index in [0.717, 1.165) is 0 Å². The van der Waals surface area contributed by atoms with Crippen LogP contribution >= 0.6 is 0 Å². The van der Waals surface area contributed by atoms with E-state index in [1.54, 1.807) is 0 Å². The van der Waals surface area contributed by atoms with Crippen molar-refractivity contribution >= 4 is 9.29 Å². The molecule has 0 saturated heterocycles. The third-order valence-electron chi connectivity index (χ3n) is 0. The van der Waals surface area contributed by atoms with Gasteiger partial charge in [0, 0.05) is 0 Å². The zero-order valence-corrected chi connectivity index (χ0v) is 10.8. The van der Waals surface area contributed by atoms with Crippen LogP contribution < -0.4 is 0 Å². The van der Waals surface area contributed by atoms with Crippen LogP contribution in [0.3, 0.4) is 0 Å². The average Bonchev–Trinajstić information content (AvgIpc) is 0.918. The summed E-state index contributed by atoms with van der Waals surface area (Å²) in [6.07, 6.45) is 0. The molecule has 0 amide bonds. The summed E-state index contributed by atoms with van der Waals surface area (Å²) in [4.78, 5) is 0. The van der Waals surface area contributed by atoms with Crippen LogP contribution in [-0.4, -0.2) is 9.29 Å². The first kappa shape index (κ1) is 51.1. The van der Waals surface area contributed by atoms with Crippen molar-refractivity contribution in [1.29, 1.82) is 0 Å². The van der Waals surface area contributed by atoms with Crippen LogP contribution in [0.25, 0.3) is 0 Å². The van der Waals surface area contributed by atoms with E-state index >= 15 is 0 Å². The van der Waals surface area contributed by atoms with Gasteiger partial charge in [-0.15, -0.1) is 0 Å². The van der Waals surface area contributed by atoms with E-state index in [1.165, 1.54) is 0 Å². The fraction of sp³-hybridized carbons (Fsp3) is 0. The minimum atomic E-state index is -1.42. The van der Waals surface area contributed by atoms with Crippen LogP contribution in [0.4, 0.5) is 0 Å². The van der Waals surface area contributed by atoms with Gasteiger partial charge in [0.2, 0.25) is 0 Å². The Bertz CT molecular complexity index is 33.4. The summed E-state index contributed by atoms with van der Waals surface area (Å²) in [5.41, 5.74) is 0. The van der Waals surface area contributed by atoms with Crippen LogP contribution in [0.15, 0.2) is 0 Å². The molecule has 8 heavy (non-hydrogen) atoms. The second-order valence-electron chi connectivity index (χ2n) is 0.0833. The maximum Gasteiger partial charge on any atom is 4.00 e. The van der Waals surface area contributed by atoms with Crippen molar-refractivity contribution in [1.82, 2.24) is 0 Å². The molecule has 8 heteroatoms. The Kier molecular flexibility index (Phi) is 416. The van der Waals surface area contributed by atoms with E-state index in [9.17, 15) is 0 Å². The summed E-state index contributed by atoms with van der Waals surface area (Å²) in [5.74, 6) is 0. The molecule has 0 spiro atoms. The topological polar surface area (TPSA) is 120 Å². The first-order chi connectivity index (χ1) is 1.41. The summed E-state index contributed by atoms with van der Waals surface area (Å²) in [5, 5.41) is 0. The smallest absolute Gasteiger partial charge is 2.00 e. The molecule has 0 heterocycles. The molecule has 0 aliphatic heterocycles. The Hall–Kier alpha value is 1.94. The fourth-order valence-corrected chi connectivity index (χ4v) is 0. The molecule has 0 aliphatic carbocycles. The van der Waals surface area contributed by atoms with E-state index in [1.807, 2.05) is 0 Å². The van der Waals surface area contributed by atoms with Crippen LogP contribution in [-0.2, 0) is 51.6 Å². The maximum absolute atomic E-state index is 8.40. The zero-order valence-electron chi connectivity index (χ0n) is 3.62. The van der Waals surface area contributed by atoms with Crippen LogP contribution in [0.2, 0.25) is 0 Å². The van der Waals surface area contributed by atoms with Crippen molar-refractivity contribution in [2.45, 2.75) is 0 Å². The van der Waals surface area contributed by atoms with Gasteiger partial charge >= 0.3 is 76.8 Å². The van der Waals surface area contributed by atoms with Gasteiger partial charge < -0.3 is 16.4 Å². The molecule has 0 bridgehead atoms. The molecule has 5 nitrogen and oxygen atoms in total. The van der Waals surface area contributed by atoms with Crippen molar-refractivity contribution in [2.75, 3.05) is 0 Å². The van der Waals surface area contributed by atoms with E-state index in [4.69, 9.17) is 8.92 Å². The first-order valence-electron chi connectivity index (χ1n) is 0.408. The predicted molar refractivity (Wildman–Crippen MR) is 9.19 cm³/mol. The molecule has 0 aromatic heterocycles. The van der Waals surface area contributed by atoms with E-state index in [0.29, 0.717) is 0 Å². The summed E-state index contributed by atoms with van der Waals surface area (Å²) in [7, 11) is -1.42. The van der Waals surface area contributed by atoms with E-state index in [-0.39, 0.29) is 83.9 Å². The summed E-state index contributed by atoms with van der Waals surface area (Å²) in [6, 6.07) is 0. The second kappa shape index (κ2) is 65.1. The van der Waals surface area contributed by atoms with Crippen molar-refractivity contribution in [3.8, 4) is 0 Å².